The zero-order valence-corrected chi connectivity index (χ0v) is 16.1. The van der Waals surface area contributed by atoms with E-state index in [1.165, 1.54) is 12.2 Å². The highest BCUT2D eigenvalue weighted by molar-refractivity contribution is 14.0. The standard InChI is InChI=1S/C14H29N3S.HI/c1-11(2)6-7-16-14(15-5)17-8-9-18-13(10-17)12(3)4;/h11-13H,6-10H2,1-5H3,(H,15,16);1H. The second-order valence-electron chi connectivity index (χ2n) is 5.76. The normalized spacial score (nSPS) is 20.7. The fraction of sp³-hybridized carbons (Fsp3) is 0.929. The quantitative estimate of drug-likeness (QED) is 0.447. The molecule has 0 radical (unpaired) electrons. The number of hydrogen-bond acceptors (Lipinski definition) is 2. The van der Waals surface area contributed by atoms with Gasteiger partial charge in [-0.2, -0.15) is 11.8 Å². The van der Waals surface area contributed by atoms with Crippen molar-refractivity contribution in [1.29, 1.82) is 0 Å². The molecular formula is C14H30IN3S. The lowest BCUT2D eigenvalue weighted by molar-refractivity contribution is 0.379. The van der Waals surface area contributed by atoms with E-state index in [1.54, 1.807) is 0 Å². The summed E-state index contributed by atoms with van der Waals surface area (Å²) in [4.78, 5) is 6.84. The number of rotatable bonds is 4. The van der Waals surface area contributed by atoms with Crippen LogP contribution in [0.25, 0.3) is 0 Å². The van der Waals surface area contributed by atoms with E-state index in [-0.39, 0.29) is 24.0 Å². The Kier molecular flexibility index (Phi) is 10.3. The van der Waals surface area contributed by atoms with E-state index < -0.39 is 0 Å². The predicted octanol–water partition coefficient (Wildman–Crippen LogP) is 3.30. The van der Waals surface area contributed by atoms with Gasteiger partial charge in [-0.1, -0.05) is 27.7 Å². The van der Waals surface area contributed by atoms with Gasteiger partial charge in [-0.3, -0.25) is 4.99 Å². The topological polar surface area (TPSA) is 27.6 Å². The predicted molar refractivity (Wildman–Crippen MR) is 98.9 cm³/mol. The van der Waals surface area contributed by atoms with E-state index in [9.17, 15) is 0 Å². The molecule has 1 fully saturated rings. The first-order valence-corrected chi connectivity index (χ1v) is 8.16. The van der Waals surface area contributed by atoms with Crippen LogP contribution in [0, 0.1) is 11.8 Å². The number of guanidine groups is 1. The molecule has 0 bridgehead atoms. The summed E-state index contributed by atoms with van der Waals surface area (Å²) in [7, 11) is 1.89. The molecule has 0 aromatic rings. The molecule has 0 aromatic heterocycles. The van der Waals surface area contributed by atoms with Crippen LogP contribution in [0.2, 0.25) is 0 Å². The van der Waals surface area contributed by atoms with Gasteiger partial charge in [0, 0.05) is 37.7 Å². The summed E-state index contributed by atoms with van der Waals surface area (Å²) < 4.78 is 0. The Bertz CT molecular complexity index is 269. The molecule has 1 atom stereocenters. The zero-order valence-electron chi connectivity index (χ0n) is 13.0. The minimum atomic E-state index is 0. The van der Waals surface area contributed by atoms with E-state index in [1.807, 2.05) is 7.05 Å². The second-order valence-corrected chi connectivity index (χ2v) is 7.10. The van der Waals surface area contributed by atoms with E-state index in [0.29, 0.717) is 0 Å². The summed E-state index contributed by atoms with van der Waals surface area (Å²) in [5.41, 5.74) is 0. The van der Waals surface area contributed by atoms with Crippen molar-refractivity contribution in [2.45, 2.75) is 39.4 Å². The van der Waals surface area contributed by atoms with Gasteiger partial charge in [0.2, 0.25) is 0 Å². The van der Waals surface area contributed by atoms with E-state index in [2.05, 4.69) is 54.7 Å². The number of nitrogens with zero attached hydrogens (tertiary/aromatic N) is 2. The number of nitrogens with one attached hydrogen (secondary N) is 1. The van der Waals surface area contributed by atoms with Crippen molar-refractivity contribution in [2.24, 2.45) is 16.8 Å². The maximum Gasteiger partial charge on any atom is 0.193 e. The number of thioether (sulfide) groups is 1. The van der Waals surface area contributed by atoms with Crippen LogP contribution < -0.4 is 5.32 Å². The Balaban J connectivity index is 0.00000324. The van der Waals surface area contributed by atoms with Crippen LogP contribution in [0.3, 0.4) is 0 Å². The monoisotopic (exact) mass is 399 g/mol. The van der Waals surface area contributed by atoms with Crippen molar-refractivity contribution in [3.63, 3.8) is 0 Å². The minimum absolute atomic E-state index is 0. The SMILES string of the molecule is CN=C(NCCC(C)C)N1CCSC(C(C)C)C1.I. The highest BCUT2D eigenvalue weighted by atomic mass is 127. The van der Waals surface area contributed by atoms with E-state index in [0.717, 1.165) is 42.7 Å². The summed E-state index contributed by atoms with van der Waals surface area (Å²) in [5, 5.41) is 4.23. The van der Waals surface area contributed by atoms with Gasteiger partial charge >= 0.3 is 0 Å². The molecular weight excluding hydrogens is 369 g/mol. The molecule has 0 amide bonds. The van der Waals surface area contributed by atoms with E-state index >= 15 is 0 Å². The van der Waals surface area contributed by atoms with Crippen molar-refractivity contribution in [3.05, 3.63) is 0 Å². The molecule has 0 saturated carbocycles. The third kappa shape index (κ3) is 7.06. The number of hydrogen-bond donors (Lipinski definition) is 1. The lowest BCUT2D eigenvalue weighted by Crippen LogP contribution is -2.49. The molecule has 19 heavy (non-hydrogen) atoms. The molecule has 1 heterocycles. The number of halogens is 1. The fourth-order valence-electron chi connectivity index (χ4n) is 2.08. The van der Waals surface area contributed by atoms with Crippen LogP contribution in [0.5, 0.6) is 0 Å². The van der Waals surface area contributed by atoms with Crippen LogP contribution in [0.4, 0.5) is 0 Å². The first-order valence-electron chi connectivity index (χ1n) is 7.11. The molecule has 0 spiro atoms. The summed E-state index contributed by atoms with van der Waals surface area (Å²) in [6.07, 6.45) is 1.20. The third-order valence-electron chi connectivity index (χ3n) is 3.35. The molecule has 1 aliphatic heterocycles. The summed E-state index contributed by atoms with van der Waals surface area (Å²) in [6.45, 7) is 12.4. The van der Waals surface area contributed by atoms with Gasteiger partial charge in [-0.05, 0) is 18.3 Å². The first kappa shape index (κ1) is 19.4. The molecule has 1 saturated heterocycles. The maximum atomic E-state index is 4.42. The number of aliphatic imine (C=N–C) groups is 1. The lowest BCUT2D eigenvalue weighted by Gasteiger charge is -2.36. The highest BCUT2D eigenvalue weighted by Crippen LogP contribution is 2.24. The van der Waals surface area contributed by atoms with Gasteiger partial charge in [0.15, 0.2) is 5.96 Å². The van der Waals surface area contributed by atoms with E-state index in [4.69, 9.17) is 0 Å². The molecule has 1 aliphatic rings. The molecule has 0 aliphatic carbocycles. The molecule has 114 valence electrons. The molecule has 1 N–H and O–H groups in total. The van der Waals surface area contributed by atoms with Crippen LogP contribution >= 0.6 is 35.7 Å². The van der Waals surface area contributed by atoms with Crippen molar-refractivity contribution >= 4 is 41.7 Å². The first-order chi connectivity index (χ1) is 8.54. The fourth-order valence-corrected chi connectivity index (χ4v) is 3.37. The van der Waals surface area contributed by atoms with Crippen LogP contribution in [0.15, 0.2) is 4.99 Å². The largest absolute Gasteiger partial charge is 0.356 e. The molecule has 1 rings (SSSR count). The second kappa shape index (κ2) is 10.1. The smallest absolute Gasteiger partial charge is 0.193 e. The third-order valence-corrected chi connectivity index (χ3v) is 4.89. The maximum absolute atomic E-state index is 4.42. The van der Waals surface area contributed by atoms with Gasteiger partial charge in [0.05, 0.1) is 0 Å². The van der Waals surface area contributed by atoms with Crippen molar-refractivity contribution in [3.8, 4) is 0 Å². The zero-order chi connectivity index (χ0) is 13.5. The van der Waals surface area contributed by atoms with Gasteiger partial charge < -0.3 is 10.2 Å². The van der Waals surface area contributed by atoms with Crippen LogP contribution in [-0.2, 0) is 0 Å². The van der Waals surface area contributed by atoms with Gasteiger partial charge in [-0.15, -0.1) is 24.0 Å². The van der Waals surface area contributed by atoms with Gasteiger partial charge in [0.1, 0.15) is 0 Å². The Morgan fingerprint density at radius 2 is 2.05 bits per heavy atom. The van der Waals surface area contributed by atoms with Gasteiger partial charge in [0.25, 0.3) is 0 Å². The van der Waals surface area contributed by atoms with Crippen LogP contribution in [-0.4, -0.2) is 48.5 Å². The van der Waals surface area contributed by atoms with Crippen LogP contribution in [0.1, 0.15) is 34.1 Å². The van der Waals surface area contributed by atoms with Crippen molar-refractivity contribution in [2.75, 3.05) is 32.4 Å². The lowest BCUT2D eigenvalue weighted by atomic mass is 10.1. The summed E-state index contributed by atoms with van der Waals surface area (Å²) in [5.74, 6) is 3.79. The molecule has 5 heteroatoms. The average molecular weight is 399 g/mol. The summed E-state index contributed by atoms with van der Waals surface area (Å²) in [6, 6.07) is 0. The van der Waals surface area contributed by atoms with Crippen molar-refractivity contribution < 1.29 is 0 Å². The molecule has 3 nitrogen and oxygen atoms in total. The van der Waals surface area contributed by atoms with Gasteiger partial charge in [-0.25, -0.2) is 0 Å². The molecule has 1 unspecified atom stereocenters. The minimum Gasteiger partial charge on any atom is -0.356 e. The Morgan fingerprint density at radius 3 is 2.58 bits per heavy atom. The average Bonchev–Trinajstić information content (AvgIpc) is 2.34. The Labute approximate surface area is 140 Å². The Morgan fingerprint density at radius 1 is 1.37 bits per heavy atom. The van der Waals surface area contributed by atoms with Crippen molar-refractivity contribution in [1.82, 2.24) is 10.2 Å². The molecule has 0 aromatic carbocycles. The Hall–Kier alpha value is 0.350. The summed E-state index contributed by atoms with van der Waals surface area (Å²) >= 11 is 2.11. The highest BCUT2D eigenvalue weighted by Gasteiger charge is 2.24.